The topological polar surface area (TPSA) is 29.5 Å². The second-order valence-electron chi connectivity index (χ2n) is 5.60. The molecule has 2 aromatic rings. The van der Waals surface area contributed by atoms with Gasteiger partial charge in [-0.25, -0.2) is 0 Å². The fourth-order valence-electron chi connectivity index (χ4n) is 2.79. The van der Waals surface area contributed by atoms with Crippen LogP contribution in [0.4, 0.5) is 0 Å². The van der Waals surface area contributed by atoms with Crippen LogP contribution in [-0.4, -0.2) is 5.11 Å². The van der Waals surface area contributed by atoms with Gasteiger partial charge in [0.1, 0.15) is 11.4 Å². The van der Waals surface area contributed by atoms with E-state index in [1.807, 2.05) is 31.2 Å². The van der Waals surface area contributed by atoms with Gasteiger partial charge in [-0.2, -0.15) is 0 Å². The number of fused-ring (bicyclic) bond motifs is 1. The summed E-state index contributed by atoms with van der Waals surface area (Å²) in [5, 5.41) is 10.4. The van der Waals surface area contributed by atoms with Gasteiger partial charge in [0.05, 0.1) is 6.10 Å². The molecule has 0 aliphatic carbocycles. The molecule has 1 heterocycles. The van der Waals surface area contributed by atoms with Crippen molar-refractivity contribution in [3.63, 3.8) is 0 Å². The molecule has 3 rings (SSSR count). The molecule has 20 heavy (non-hydrogen) atoms. The summed E-state index contributed by atoms with van der Waals surface area (Å²) >= 11 is 3.45. The van der Waals surface area contributed by atoms with Crippen LogP contribution in [0.3, 0.4) is 0 Å². The summed E-state index contributed by atoms with van der Waals surface area (Å²) in [7, 11) is 0. The fourth-order valence-corrected chi connectivity index (χ4v) is 3.13. The van der Waals surface area contributed by atoms with E-state index in [1.165, 1.54) is 5.56 Å². The number of rotatable bonds is 1. The van der Waals surface area contributed by atoms with Crippen molar-refractivity contribution in [3.8, 4) is 5.75 Å². The van der Waals surface area contributed by atoms with Crippen molar-refractivity contribution in [1.29, 1.82) is 0 Å². The maximum absolute atomic E-state index is 10.4. The van der Waals surface area contributed by atoms with Crippen molar-refractivity contribution in [2.45, 2.75) is 32.0 Å². The summed E-state index contributed by atoms with van der Waals surface area (Å²) in [4.78, 5) is 0. The Kier molecular flexibility index (Phi) is 3.35. The molecule has 0 spiro atoms. The zero-order chi connectivity index (χ0) is 14.3. The molecule has 0 radical (unpaired) electrons. The van der Waals surface area contributed by atoms with Crippen molar-refractivity contribution in [1.82, 2.24) is 0 Å². The number of aryl methyl sites for hydroxylation is 1. The third-order valence-corrected chi connectivity index (χ3v) is 4.37. The summed E-state index contributed by atoms with van der Waals surface area (Å²) < 4.78 is 7.18. The molecule has 3 heteroatoms. The van der Waals surface area contributed by atoms with Crippen LogP contribution in [0, 0.1) is 6.92 Å². The average molecular weight is 333 g/mol. The number of aliphatic hydroxyl groups is 1. The molecule has 0 fully saturated rings. The molecule has 1 N–H and O–H groups in total. The Hall–Kier alpha value is -1.32. The van der Waals surface area contributed by atoms with Gasteiger partial charge in [-0.05, 0) is 31.5 Å². The third-order valence-electron chi connectivity index (χ3n) is 3.88. The first-order chi connectivity index (χ1) is 9.48. The predicted octanol–water partition coefficient (Wildman–Crippen LogP) is 4.49. The van der Waals surface area contributed by atoms with Crippen LogP contribution >= 0.6 is 15.9 Å². The van der Waals surface area contributed by atoms with Gasteiger partial charge in [-0.15, -0.1) is 0 Å². The van der Waals surface area contributed by atoms with Crippen molar-refractivity contribution in [2.75, 3.05) is 0 Å². The minimum Gasteiger partial charge on any atom is -0.482 e. The van der Waals surface area contributed by atoms with Crippen LogP contribution in [0.15, 0.2) is 46.9 Å². The van der Waals surface area contributed by atoms with E-state index in [0.29, 0.717) is 6.42 Å². The number of hydrogen-bond acceptors (Lipinski definition) is 2. The van der Waals surface area contributed by atoms with E-state index in [9.17, 15) is 5.11 Å². The minimum atomic E-state index is -0.502. The molecule has 2 nitrogen and oxygen atoms in total. The molecule has 0 bridgehead atoms. The molecule has 1 aliphatic rings. The summed E-state index contributed by atoms with van der Waals surface area (Å²) in [5.41, 5.74) is 2.65. The van der Waals surface area contributed by atoms with Crippen molar-refractivity contribution in [2.24, 2.45) is 0 Å². The number of aliphatic hydroxyl groups excluding tert-OH is 1. The van der Waals surface area contributed by atoms with Gasteiger partial charge < -0.3 is 9.84 Å². The standard InChI is InChI=1S/C17H17BrO2/c1-11-4-3-5-12(8-11)17(2)10-15(19)14-7-6-13(18)9-16(14)20-17/h3-9,15,19H,10H2,1-2H3/t15-,17?/m1/s1. The summed E-state index contributed by atoms with van der Waals surface area (Å²) in [6, 6.07) is 14.0. The lowest BCUT2D eigenvalue weighted by Crippen LogP contribution is -2.35. The quantitative estimate of drug-likeness (QED) is 0.833. The minimum absolute atomic E-state index is 0.501. The van der Waals surface area contributed by atoms with Gasteiger partial charge in [0.15, 0.2) is 0 Å². The fraction of sp³-hybridized carbons (Fsp3) is 0.294. The summed E-state index contributed by atoms with van der Waals surface area (Å²) in [6.45, 7) is 4.10. The molecule has 1 aliphatic heterocycles. The van der Waals surface area contributed by atoms with Crippen LogP contribution in [0.5, 0.6) is 5.75 Å². The Morgan fingerprint density at radius 3 is 2.80 bits per heavy atom. The van der Waals surface area contributed by atoms with E-state index in [-0.39, 0.29) is 0 Å². The smallest absolute Gasteiger partial charge is 0.134 e. The Morgan fingerprint density at radius 2 is 2.05 bits per heavy atom. The zero-order valence-electron chi connectivity index (χ0n) is 11.6. The number of hydrogen-bond donors (Lipinski definition) is 1. The number of benzene rings is 2. The molecule has 0 aromatic heterocycles. The molecule has 104 valence electrons. The van der Waals surface area contributed by atoms with Gasteiger partial charge in [-0.1, -0.05) is 51.8 Å². The first kappa shape index (κ1) is 13.7. The van der Waals surface area contributed by atoms with Gasteiger partial charge in [0.25, 0.3) is 0 Å². The van der Waals surface area contributed by atoms with Gasteiger partial charge in [0, 0.05) is 16.5 Å². The van der Waals surface area contributed by atoms with Crippen molar-refractivity contribution in [3.05, 3.63) is 63.6 Å². The lowest BCUT2D eigenvalue weighted by Gasteiger charge is -2.38. The monoisotopic (exact) mass is 332 g/mol. The van der Waals surface area contributed by atoms with Crippen LogP contribution in [-0.2, 0) is 5.60 Å². The Morgan fingerprint density at radius 1 is 1.25 bits per heavy atom. The molecule has 2 atom stereocenters. The highest BCUT2D eigenvalue weighted by Gasteiger charge is 2.38. The molecule has 0 saturated carbocycles. The molecular weight excluding hydrogens is 316 g/mol. The van der Waals surface area contributed by atoms with Crippen LogP contribution in [0.1, 0.15) is 36.1 Å². The van der Waals surface area contributed by atoms with E-state index >= 15 is 0 Å². The van der Waals surface area contributed by atoms with Crippen LogP contribution < -0.4 is 4.74 Å². The van der Waals surface area contributed by atoms with Gasteiger partial charge in [-0.3, -0.25) is 0 Å². The second-order valence-corrected chi connectivity index (χ2v) is 6.52. The van der Waals surface area contributed by atoms with Gasteiger partial charge in [0.2, 0.25) is 0 Å². The third kappa shape index (κ3) is 2.36. The molecule has 1 unspecified atom stereocenters. The molecule has 0 amide bonds. The molecular formula is C17H17BrO2. The lowest BCUT2D eigenvalue weighted by atomic mass is 9.84. The lowest BCUT2D eigenvalue weighted by molar-refractivity contribution is -0.00494. The second kappa shape index (κ2) is 4.90. The molecule has 0 saturated heterocycles. The first-order valence-corrected chi connectivity index (χ1v) is 7.51. The van der Waals surface area contributed by atoms with Crippen molar-refractivity contribution < 1.29 is 9.84 Å². The average Bonchev–Trinajstić information content (AvgIpc) is 2.38. The Balaban J connectivity index is 2.05. The highest BCUT2D eigenvalue weighted by Crippen LogP contribution is 2.45. The van der Waals surface area contributed by atoms with Gasteiger partial charge >= 0.3 is 0 Å². The highest BCUT2D eigenvalue weighted by atomic mass is 79.9. The summed E-state index contributed by atoms with van der Waals surface area (Å²) in [5.74, 6) is 0.752. The van der Waals surface area contributed by atoms with Crippen LogP contribution in [0.25, 0.3) is 0 Å². The first-order valence-electron chi connectivity index (χ1n) is 6.72. The van der Waals surface area contributed by atoms with E-state index < -0.39 is 11.7 Å². The van der Waals surface area contributed by atoms with E-state index in [1.54, 1.807) is 0 Å². The maximum Gasteiger partial charge on any atom is 0.134 e. The van der Waals surface area contributed by atoms with E-state index in [4.69, 9.17) is 4.74 Å². The van der Waals surface area contributed by atoms with E-state index in [2.05, 4.69) is 41.1 Å². The number of halogens is 1. The normalized spacial score (nSPS) is 24.9. The zero-order valence-corrected chi connectivity index (χ0v) is 13.1. The molecule has 2 aromatic carbocycles. The van der Waals surface area contributed by atoms with E-state index in [0.717, 1.165) is 21.3 Å². The maximum atomic E-state index is 10.4. The summed E-state index contributed by atoms with van der Waals surface area (Å²) in [6.07, 6.45) is 0.0582. The predicted molar refractivity (Wildman–Crippen MR) is 82.9 cm³/mol. The van der Waals surface area contributed by atoms with Crippen LogP contribution in [0.2, 0.25) is 0 Å². The largest absolute Gasteiger partial charge is 0.482 e. The Labute approximate surface area is 127 Å². The highest BCUT2D eigenvalue weighted by molar-refractivity contribution is 9.10. The number of ether oxygens (including phenoxy) is 1. The Bertz CT molecular complexity index is 653. The van der Waals surface area contributed by atoms with Crippen molar-refractivity contribution >= 4 is 15.9 Å². The SMILES string of the molecule is Cc1cccc(C2(C)C[C@@H](O)c3ccc(Br)cc3O2)c1.